The Morgan fingerprint density at radius 3 is 3.00 bits per heavy atom. The van der Waals surface area contributed by atoms with Gasteiger partial charge < -0.3 is 10.1 Å². The molecule has 0 bridgehead atoms. The number of nitrogens with zero attached hydrogens (tertiary/aromatic N) is 1. The van der Waals surface area contributed by atoms with E-state index in [1.165, 1.54) is 16.5 Å². The van der Waals surface area contributed by atoms with Crippen LogP contribution in [0, 0.1) is 5.92 Å². The van der Waals surface area contributed by atoms with Gasteiger partial charge in [-0.1, -0.05) is 36.2 Å². The highest BCUT2D eigenvalue weighted by Gasteiger charge is 2.26. The fourth-order valence-electron chi connectivity index (χ4n) is 2.82. The maximum Gasteiger partial charge on any atom is 0.119 e. The molecular weight excluding hydrogens is 316 g/mol. The zero-order valence-electron chi connectivity index (χ0n) is 12.7. The zero-order chi connectivity index (χ0) is 14.5. The second kappa shape index (κ2) is 7.43. The summed E-state index contributed by atoms with van der Waals surface area (Å²) >= 11 is 3.66. The van der Waals surface area contributed by atoms with Crippen molar-refractivity contribution in [1.82, 2.24) is 10.2 Å². The Labute approximate surface area is 130 Å². The molecule has 0 amide bonds. The number of nitrogens with one attached hydrogen (secondary N) is 1. The van der Waals surface area contributed by atoms with Gasteiger partial charge in [-0.15, -0.1) is 0 Å². The van der Waals surface area contributed by atoms with Crippen molar-refractivity contribution >= 4 is 15.9 Å². The standard InChI is InChI=1S/C16H25BrN2O/c1-4-12(2)16-10-18-7-8-19(16)11-13-9-14(20-3)5-6-15(13)17/h5-6,9,12,16,18H,4,7-8,10-11H2,1-3H3. The van der Waals surface area contributed by atoms with Crippen molar-refractivity contribution in [2.45, 2.75) is 32.9 Å². The summed E-state index contributed by atoms with van der Waals surface area (Å²) in [6, 6.07) is 6.83. The zero-order valence-corrected chi connectivity index (χ0v) is 14.2. The predicted octanol–water partition coefficient (Wildman–Crippen LogP) is 3.28. The van der Waals surface area contributed by atoms with Crippen LogP contribution in [0.4, 0.5) is 0 Å². The van der Waals surface area contributed by atoms with Gasteiger partial charge in [0.2, 0.25) is 0 Å². The largest absolute Gasteiger partial charge is 0.497 e. The van der Waals surface area contributed by atoms with Gasteiger partial charge in [-0.2, -0.15) is 0 Å². The maximum absolute atomic E-state index is 5.34. The van der Waals surface area contributed by atoms with Crippen LogP contribution in [-0.2, 0) is 6.54 Å². The summed E-state index contributed by atoms with van der Waals surface area (Å²) in [7, 11) is 1.72. The molecule has 1 aromatic rings. The third-order valence-electron chi connectivity index (χ3n) is 4.33. The Hall–Kier alpha value is -0.580. The Morgan fingerprint density at radius 2 is 2.30 bits per heavy atom. The summed E-state index contributed by atoms with van der Waals surface area (Å²) in [6.07, 6.45) is 1.22. The topological polar surface area (TPSA) is 24.5 Å². The van der Waals surface area contributed by atoms with Gasteiger partial charge in [0.15, 0.2) is 0 Å². The fourth-order valence-corrected chi connectivity index (χ4v) is 3.19. The summed E-state index contributed by atoms with van der Waals surface area (Å²) in [4.78, 5) is 2.60. The van der Waals surface area contributed by atoms with Crippen LogP contribution in [0.1, 0.15) is 25.8 Å². The third kappa shape index (κ3) is 3.74. The van der Waals surface area contributed by atoms with Gasteiger partial charge in [0.1, 0.15) is 5.75 Å². The summed E-state index contributed by atoms with van der Waals surface area (Å²) in [5, 5.41) is 3.52. The highest BCUT2D eigenvalue weighted by molar-refractivity contribution is 9.10. The molecule has 1 fully saturated rings. The first-order valence-electron chi connectivity index (χ1n) is 7.42. The maximum atomic E-state index is 5.34. The first kappa shape index (κ1) is 15.8. The Bertz CT molecular complexity index is 438. The van der Waals surface area contributed by atoms with Gasteiger partial charge in [0.25, 0.3) is 0 Å². The third-order valence-corrected chi connectivity index (χ3v) is 5.10. The molecule has 0 radical (unpaired) electrons. The molecule has 1 N–H and O–H groups in total. The van der Waals surface area contributed by atoms with Crippen molar-refractivity contribution in [2.75, 3.05) is 26.7 Å². The molecule has 112 valence electrons. The lowest BCUT2D eigenvalue weighted by Crippen LogP contribution is -2.53. The van der Waals surface area contributed by atoms with Gasteiger partial charge >= 0.3 is 0 Å². The minimum Gasteiger partial charge on any atom is -0.497 e. The molecule has 1 heterocycles. The van der Waals surface area contributed by atoms with E-state index in [4.69, 9.17) is 4.74 Å². The van der Waals surface area contributed by atoms with E-state index in [9.17, 15) is 0 Å². The van der Waals surface area contributed by atoms with Crippen molar-refractivity contribution in [1.29, 1.82) is 0 Å². The molecule has 3 nitrogen and oxygen atoms in total. The number of methoxy groups -OCH3 is 1. The average Bonchev–Trinajstić information content (AvgIpc) is 2.49. The molecule has 2 atom stereocenters. The molecule has 20 heavy (non-hydrogen) atoms. The highest BCUT2D eigenvalue weighted by Crippen LogP contribution is 2.26. The number of ether oxygens (including phenoxy) is 1. The quantitative estimate of drug-likeness (QED) is 0.890. The molecule has 1 aliphatic heterocycles. The molecule has 1 aliphatic rings. The van der Waals surface area contributed by atoms with E-state index in [0.29, 0.717) is 12.0 Å². The van der Waals surface area contributed by atoms with Crippen LogP contribution in [0.25, 0.3) is 0 Å². The number of halogens is 1. The van der Waals surface area contributed by atoms with Crippen LogP contribution in [-0.4, -0.2) is 37.7 Å². The fraction of sp³-hybridized carbons (Fsp3) is 0.625. The normalized spacial score (nSPS) is 21.7. The van der Waals surface area contributed by atoms with E-state index < -0.39 is 0 Å². The number of benzene rings is 1. The Morgan fingerprint density at radius 1 is 1.50 bits per heavy atom. The van der Waals surface area contributed by atoms with Crippen LogP contribution in [0.15, 0.2) is 22.7 Å². The van der Waals surface area contributed by atoms with Gasteiger partial charge in [0, 0.05) is 36.7 Å². The lowest BCUT2D eigenvalue weighted by atomic mass is 9.95. The molecule has 0 spiro atoms. The summed E-state index contributed by atoms with van der Waals surface area (Å²) in [6.45, 7) is 8.89. The lowest BCUT2D eigenvalue weighted by Gasteiger charge is -2.39. The molecule has 0 aliphatic carbocycles. The average molecular weight is 341 g/mol. The first-order chi connectivity index (χ1) is 9.65. The molecule has 2 unspecified atom stereocenters. The van der Waals surface area contributed by atoms with E-state index in [1.807, 2.05) is 6.07 Å². The van der Waals surface area contributed by atoms with Gasteiger partial charge in [-0.05, 0) is 29.7 Å². The molecule has 4 heteroatoms. The van der Waals surface area contributed by atoms with Crippen LogP contribution in [0.3, 0.4) is 0 Å². The summed E-state index contributed by atoms with van der Waals surface area (Å²) in [5.41, 5.74) is 1.31. The summed E-state index contributed by atoms with van der Waals surface area (Å²) < 4.78 is 6.51. The monoisotopic (exact) mass is 340 g/mol. The van der Waals surface area contributed by atoms with E-state index in [0.717, 1.165) is 31.9 Å². The van der Waals surface area contributed by atoms with Crippen molar-refractivity contribution in [2.24, 2.45) is 5.92 Å². The first-order valence-corrected chi connectivity index (χ1v) is 8.22. The molecule has 1 saturated heterocycles. The number of rotatable bonds is 5. The van der Waals surface area contributed by atoms with E-state index in [1.54, 1.807) is 7.11 Å². The Balaban J connectivity index is 2.14. The summed E-state index contributed by atoms with van der Waals surface area (Å²) in [5.74, 6) is 1.64. The van der Waals surface area contributed by atoms with E-state index >= 15 is 0 Å². The lowest BCUT2D eigenvalue weighted by molar-refractivity contribution is 0.109. The van der Waals surface area contributed by atoms with Gasteiger partial charge in [-0.3, -0.25) is 4.90 Å². The van der Waals surface area contributed by atoms with Crippen LogP contribution < -0.4 is 10.1 Å². The van der Waals surface area contributed by atoms with Crippen LogP contribution in [0.2, 0.25) is 0 Å². The van der Waals surface area contributed by atoms with Crippen molar-refractivity contribution in [3.63, 3.8) is 0 Å². The SMILES string of the molecule is CCC(C)C1CNCCN1Cc1cc(OC)ccc1Br. The predicted molar refractivity (Wildman–Crippen MR) is 87.2 cm³/mol. The minimum absolute atomic E-state index is 0.617. The second-order valence-electron chi connectivity index (χ2n) is 5.58. The van der Waals surface area contributed by atoms with E-state index in [2.05, 4.69) is 52.1 Å². The van der Waals surface area contributed by atoms with Crippen molar-refractivity contribution in [3.8, 4) is 5.75 Å². The number of piperazine rings is 1. The van der Waals surface area contributed by atoms with Gasteiger partial charge in [-0.25, -0.2) is 0 Å². The molecule has 2 rings (SSSR count). The van der Waals surface area contributed by atoms with Gasteiger partial charge in [0.05, 0.1) is 7.11 Å². The molecular formula is C16H25BrN2O. The minimum atomic E-state index is 0.617. The Kier molecular flexibility index (Phi) is 5.87. The van der Waals surface area contributed by atoms with E-state index in [-0.39, 0.29) is 0 Å². The van der Waals surface area contributed by atoms with Crippen molar-refractivity contribution in [3.05, 3.63) is 28.2 Å². The van der Waals surface area contributed by atoms with Crippen LogP contribution in [0.5, 0.6) is 5.75 Å². The van der Waals surface area contributed by atoms with Crippen molar-refractivity contribution < 1.29 is 4.74 Å². The highest BCUT2D eigenvalue weighted by atomic mass is 79.9. The second-order valence-corrected chi connectivity index (χ2v) is 6.44. The number of hydrogen-bond donors (Lipinski definition) is 1. The molecule has 0 aromatic heterocycles. The smallest absolute Gasteiger partial charge is 0.119 e. The molecule has 1 aromatic carbocycles. The molecule has 0 saturated carbocycles. The van der Waals surface area contributed by atoms with Crippen LogP contribution >= 0.6 is 15.9 Å². The number of hydrogen-bond acceptors (Lipinski definition) is 3.